The van der Waals surface area contributed by atoms with Gasteiger partial charge < -0.3 is 4.74 Å². The van der Waals surface area contributed by atoms with E-state index in [0.717, 1.165) is 5.56 Å². The van der Waals surface area contributed by atoms with E-state index in [9.17, 15) is 8.42 Å². The lowest BCUT2D eigenvalue weighted by Crippen LogP contribution is -2.40. The Kier molecular flexibility index (Phi) is 4.04. The minimum Gasteiger partial charge on any atom is -0.374 e. The van der Waals surface area contributed by atoms with E-state index in [-0.39, 0.29) is 12.0 Å². The lowest BCUT2D eigenvalue weighted by molar-refractivity contribution is -0.0403. The first-order chi connectivity index (χ1) is 8.47. The highest BCUT2D eigenvalue weighted by molar-refractivity contribution is 7.86. The second kappa shape index (κ2) is 5.38. The van der Waals surface area contributed by atoms with Gasteiger partial charge in [-0.3, -0.25) is 4.55 Å². The lowest BCUT2D eigenvalue weighted by Gasteiger charge is -2.37. The fourth-order valence-electron chi connectivity index (χ4n) is 2.16. The molecular weight excluding hydrogens is 252 g/mol. The Labute approximate surface area is 108 Å². The fourth-order valence-corrected chi connectivity index (χ4v) is 2.87. The highest BCUT2D eigenvalue weighted by Crippen LogP contribution is 2.35. The van der Waals surface area contributed by atoms with Crippen LogP contribution in [0.25, 0.3) is 0 Å². The van der Waals surface area contributed by atoms with Crippen LogP contribution < -0.4 is 0 Å². The topological polar surface area (TPSA) is 63.6 Å². The van der Waals surface area contributed by atoms with Crippen LogP contribution in [0.4, 0.5) is 0 Å². The van der Waals surface area contributed by atoms with Crippen LogP contribution in [-0.2, 0) is 21.5 Å². The van der Waals surface area contributed by atoms with Gasteiger partial charge in [0.1, 0.15) is 0 Å². The van der Waals surface area contributed by atoms with E-state index < -0.39 is 15.4 Å². The van der Waals surface area contributed by atoms with Crippen molar-refractivity contribution in [1.82, 2.24) is 0 Å². The van der Waals surface area contributed by atoms with Crippen LogP contribution >= 0.6 is 0 Å². The largest absolute Gasteiger partial charge is 0.374 e. The van der Waals surface area contributed by atoms with E-state index in [1.165, 1.54) is 0 Å². The van der Waals surface area contributed by atoms with Gasteiger partial charge >= 0.3 is 0 Å². The summed E-state index contributed by atoms with van der Waals surface area (Å²) in [6.45, 7) is 2.10. The van der Waals surface area contributed by atoms with E-state index in [1.807, 2.05) is 30.3 Å². The summed E-state index contributed by atoms with van der Waals surface area (Å²) < 4.78 is 36.6. The van der Waals surface area contributed by atoms with Gasteiger partial charge in [-0.25, -0.2) is 0 Å². The predicted molar refractivity (Wildman–Crippen MR) is 68.8 cm³/mol. The zero-order valence-corrected chi connectivity index (χ0v) is 11.1. The number of benzene rings is 1. The molecule has 0 bridgehead atoms. The maximum absolute atomic E-state index is 11.0. The van der Waals surface area contributed by atoms with E-state index >= 15 is 0 Å². The monoisotopic (exact) mass is 270 g/mol. The van der Waals surface area contributed by atoms with Crippen LogP contribution in [0.1, 0.15) is 25.3 Å². The molecule has 18 heavy (non-hydrogen) atoms. The molecule has 1 aromatic rings. The molecule has 1 unspecified atom stereocenters. The molecule has 0 saturated heterocycles. The van der Waals surface area contributed by atoms with Crippen LogP contribution in [0.15, 0.2) is 30.3 Å². The van der Waals surface area contributed by atoms with Crippen LogP contribution in [-0.4, -0.2) is 24.3 Å². The molecule has 100 valence electrons. The Morgan fingerprint density at radius 2 is 1.94 bits per heavy atom. The molecule has 0 spiro atoms. The summed E-state index contributed by atoms with van der Waals surface area (Å²) in [5.74, 6) is 0.0146. The molecule has 1 aromatic carbocycles. The first-order valence-corrected chi connectivity index (χ1v) is 7.59. The van der Waals surface area contributed by atoms with Gasteiger partial charge in [-0.15, -0.1) is 0 Å². The van der Waals surface area contributed by atoms with Crippen molar-refractivity contribution in [3.05, 3.63) is 35.9 Å². The normalized spacial score (nSPS) is 25.4. The quantitative estimate of drug-likeness (QED) is 0.834. The number of ether oxygens (including phenoxy) is 1. The third-order valence-electron chi connectivity index (χ3n) is 3.59. The molecule has 1 saturated carbocycles. The van der Waals surface area contributed by atoms with E-state index in [0.29, 0.717) is 19.4 Å². The van der Waals surface area contributed by atoms with Crippen molar-refractivity contribution in [1.29, 1.82) is 0 Å². The molecule has 5 heteroatoms. The Morgan fingerprint density at radius 1 is 1.33 bits per heavy atom. The van der Waals surface area contributed by atoms with Gasteiger partial charge in [0.05, 0.1) is 18.0 Å². The molecule has 1 aliphatic carbocycles. The van der Waals surface area contributed by atoms with Gasteiger partial charge in [0.2, 0.25) is 0 Å². The minimum absolute atomic E-state index is 0.0146. The summed E-state index contributed by atoms with van der Waals surface area (Å²) >= 11 is 0. The van der Waals surface area contributed by atoms with Crippen molar-refractivity contribution in [2.24, 2.45) is 5.92 Å². The summed E-state index contributed by atoms with van der Waals surface area (Å²) in [5, 5.41) is -0.686. The molecule has 4 nitrogen and oxygen atoms in total. The first kappa shape index (κ1) is 13.5. The van der Waals surface area contributed by atoms with Crippen LogP contribution in [0, 0.1) is 5.92 Å². The maximum atomic E-state index is 11.0. The van der Waals surface area contributed by atoms with Gasteiger partial charge in [-0.05, 0) is 31.2 Å². The minimum atomic E-state index is -3.91. The van der Waals surface area contributed by atoms with Crippen LogP contribution in [0.3, 0.4) is 0 Å². The van der Waals surface area contributed by atoms with Crippen molar-refractivity contribution in [2.75, 3.05) is 0 Å². The standard InChI is InChI=1S/C13H18O4S/c1-10(18(14,15)16)12-7-13(8-12)17-9-11-5-3-2-4-6-11/h2-6,10,12-13H,7-9H2,1H3,(H,14,15,16). The van der Waals surface area contributed by atoms with Gasteiger partial charge in [0.15, 0.2) is 0 Å². The molecule has 1 N–H and O–H groups in total. The van der Waals surface area contributed by atoms with Crippen molar-refractivity contribution in [2.45, 2.75) is 37.7 Å². The number of hydrogen-bond acceptors (Lipinski definition) is 3. The van der Waals surface area contributed by atoms with E-state index in [1.54, 1.807) is 6.92 Å². The van der Waals surface area contributed by atoms with E-state index in [2.05, 4.69) is 0 Å². The number of hydrogen-bond donors (Lipinski definition) is 1. The first-order valence-electron chi connectivity index (χ1n) is 6.08. The average molecular weight is 270 g/mol. The molecule has 1 atom stereocenters. The van der Waals surface area contributed by atoms with Crippen molar-refractivity contribution in [3.8, 4) is 0 Å². The zero-order chi connectivity index (χ0) is 13.2. The highest BCUT2D eigenvalue weighted by Gasteiger charge is 2.38. The summed E-state index contributed by atoms with van der Waals surface area (Å²) in [6.07, 6.45) is 1.51. The second-order valence-electron chi connectivity index (χ2n) is 4.87. The van der Waals surface area contributed by atoms with Gasteiger partial charge in [0.25, 0.3) is 10.1 Å². The average Bonchev–Trinajstić information content (AvgIpc) is 2.26. The van der Waals surface area contributed by atoms with Crippen LogP contribution in [0.2, 0.25) is 0 Å². The van der Waals surface area contributed by atoms with Gasteiger partial charge in [-0.2, -0.15) is 8.42 Å². The Morgan fingerprint density at radius 3 is 2.50 bits per heavy atom. The van der Waals surface area contributed by atoms with Crippen molar-refractivity contribution >= 4 is 10.1 Å². The summed E-state index contributed by atoms with van der Waals surface area (Å²) in [7, 11) is -3.91. The smallest absolute Gasteiger partial charge is 0.267 e. The Bertz CT molecular complexity index is 477. The molecule has 0 radical (unpaired) electrons. The molecule has 1 aliphatic rings. The molecular formula is C13H18O4S. The molecule has 0 heterocycles. The number of rotatable bonds is 5. The van der Waals surface area contributed by atoms with E-state index in [4.69, 9.17) is 9.29 Å². The van der Waals surface area contributed by atoms with Crippen molar-refractivity contribution < 1.29 is 17.7 Å². The summed E-state index contributed by atoms with van der Waals surface area (Å²) in [5.41, 5.74) is 1.11. The SMILES string of the molecule is CC(C1CC(OCc2ccccc2)C1)S(=O)(=O)O. The predicted octanol–water partition coefficient (Wildman–Crippen LogP) is 2.26. The van der Waals surface area contributed by atoms with Gasteiger partial charge in [0, 0.05) is 0 Å². The molecule has 0 aromatic heterocycles. The third-order valence-corrected chi connectivity index (χ3v) is 4.92. The molecule has 2 rings (SSSR count). The maximum Gasteiger partial charge on any atom is 0.267 e. The zero-order valence-electron chi connectivity index (χ0n) is 10.3. The highest BCUT2D eigenvalue weighted by atomic mass is 32.2. The molecule has 1 fully saturated rings. The Balaban J connectivity index is 1.74. The second-order valence-corrected chi connectivity index (χ2v) is 6.64. The fraction of sp³-hybridized carbons (Fsp3) is 0.538. The third kappa shape index (κ3) is 3.31. The summed E-state index contributed by atoms with van der Waals surface area (Å²) in [6, 6.07) is 9.87. The molecule has 0 amide bonds. The summed E-state index contributed by atoms with van der Waals surface area (Å²) in [4.78, 5) is 0. The van der Waals surface area contributed by atoms with Gasteiger partial charge in [-0.1, -0.05) is 30.3 Å². The lowest BCUT2D eigenvalue weighted by atomic mass is 9.80. The van der Waals surface area contributed by atoms with Crippen molar-refractivity contribution in [3.63, 3.8) is 0 Å². The van der Waals surface area contributed by atoms with Crippen LogP contribution in [0.5, 0.6) is 0 Å². The molecule has 0 aliphatic heterocycles. The Hall–Kier alpha value is -0.910.